The van der Waals surface area contributed by atoms with E-state index < -0.39 is 23.8 Å². The number of carboxylic acid groups (broad SMARTS) is 1. The van der Waals surface area contributed by atoms with Gasteiger partial charge in [-0.2, -0.15) is 0 Å². The first-order valence-corrected chi connectivity index (χ1v) is 7.95. The second-order valence-electron chi connectivity index (χ2n) is 6.93. The summed E-state index contributed by atoms with van der Waals surface area (Å²) < 4.78 is 5.37. The van der Waals surface area contributed by atoms with E-state index in [1.54, 1.807) is 25.7 Å². The van der Waals surface area contributed by atoms with Gasteiger partial charge in [0.2, 0.25) is 5.91 Å². The van der Waals surface area contributed by atoms with Crippen molar-refractivity contribution in [1.82, 2.24) is 14.7 Å². The summed E-state index contributed by atoms with van der Waals surface area (Å²) in [5, 5.41) is 8.95. The Hall–Kier alpha value is -1.99. The minimum absolute atomic E-state index is 0.113. The Morgan fingerprint density at radius 1 is 1.00 bits per heavy atom. The minimum atomic E-state index is -0.964. The van der Waals surface area contributed by atoms with Crippen molar-refractivity contribution < 1.29 is 24.2 Å². The molecule has 0 aromatic rings. The van der Waals surface area contributed by atoms with Gasteiger partial charge in [0.15, 0.2) is 0 Å². The fourth-order valence-corrected chi connectivity index (χ4v) is 2.89. The summed E-state index contributed by atoms with van der Waals surface area (Å²) in [5.41, 5.74) is -0.597. The smallest absolute Gasteiger partial charge is 0.410 e. The highest BCUT2D eigenvalue weighted by Crippen LogP contribution is 2.23. The van der Waals surface area contributed by atoms with Gasteiger partial charge in [0.25, 0.3) is 0 Å². The van der Waals surface area contributed by atoms with Crippen LogP contribution in [-0.4, -0.2) is 82.3 Å². The van der Waals surface area contributed by atoms with Gasteiger partial charge in [0.05, 0.1) is 0 Å². The van der Waals surface area contributed by atoms with Gasteiger partial charge < -0.3 is 19.6 Å². The first kappa shape index (κ1) is 17.4. The Balaban J connectivity index is 1.96. The molecule has 130 valence electrons. The van der Waals surface area contributed by atoms with E-state index in [9.17, 15) is 14.4 Å². The molecule has 1 atom stereocenters. The van der Waals surface area contributed by atoms with Gasteiger partial charge in [-0.15, -0.1) is 0 Å². The van der Waals surface area contributed by atoms with E-state index in [0.717, 1.165) is 6.42 Å². The Kier molecular flexibility index (Phi) is 5.01. The van der Waals surface area contributed by atoms with Gasteiger partial charge in [0, 0.05) is 32.7 Å². The second-order valence-corrected chi connectivity index (χ2v) is 6.93. The SMILES string of the molecule is CC(C)(C)OC(=O)N1CCC[C@H]1C(=O)N1CCN(C(=O)O)CC1. The number of hydrogen-bond donors (Lipinski definition) is 1. The number of likely N-dealkylation sites (tertiary alicyclic amines) is 1. The summed E-state index contributed by atoms with van der Waals surface area (Å²) in [7, 11) is 0. The van der Waals surface area contributed by atoms with Gasteiger partial charge in [-0.3, -0.25) is 9.69 Å². The molecule has 23 heavy (non-hydrogen) atoms. The van der Waals surface area contributed by atoms with Crippen LogP contribution < -0.4 is 0 Å². The molecule has 0 bridgehead atoms. The lowest BCUT2D eigenvalue weighted by Gasteiger charge is -2.36. The van der Waals surface area contributed by atoms with E-state index in [1.807, 2.05) is 0 Å². The first-order valence-electron chi connectivity index (χ1n) is 7.95. The fraction of sp³-hybridized carbons (Fsp3) is 0.800. The number of piperazine rings is 1. The summed E-state index contributed by atoms with van der Waals surface area (Å²) in [6.45, 7) is 7.24. The van der Waals surface area contributed by atoms with E-state index >= 15 is 0 Å². The molecular formula is C15H25N3O5. The molecule has 1 N–H and O–H groups in total. The minimum Gasteiger partial charge on any atom is -0.465 e. The zero-order chi connectivity index (χ0) is 17.2. The fourth-order valence-electron chi connectivity index (χ4n) is 2.89. The van der Waals surface area contributed by atoms with Crippen LogP contribution >= 0.6 is 0 Å². The number of amides is 3. The van der Waals surface area contributed by atoms with Crippen LogP contribution in [0.3, 0.4) is 0 Å². The van der Waals surface area contributed by atoms with Crippen molar-refractivity contribution in [2.24, 2.45) is 0 Å². The lowest BCUT2D eigenvalue weighted by atomic mass is 10.1. The van der Waals surface area contributed by atoms with Gasteiger partial charge in [-0.1, -0.05) is 0 Å². The normalized spacial score (nSPS) is 22.2. The molecule has 2 fully saturated rings. The van der Waals surface area contributed by atoms with Crippen LogP contribution in [0.1, 0.15) is 33.6 Å². The monoisotopic (exact) mass is 327 g/mol. The van der Waals surface area contributed by atoms with E-state index in [2.05, 4.69) is 0 Å². The van der Waals surface area contributed by atoms with Crippen LogP contribution in [0.4, 0.5) is 9.59 Å². The standard InChI is InChI=1S/C15H25N3O5/c1-15(2,3)23-14(22)18-6-4-5-11(18)12(19)16-7-9-17(10-8-16)13(20)21/h11H,4-10H2,1-3H3,(H,20,21)/t11-/m0/s1. The Bertz CT molecular complexity index is 480. The number of carbonyl (C=O) groups excluding carboxylic acids is 2. The van der Waals surface area contributed by atoms with Crippen molar-refractivity contribution in [3.8, 4) is 0 Å². The average Bonchev–Trinajstić information content (AvgIpc) is 2.94. The topological polar surface area (TPSA) is 90.4 Å². The molecule has 2 rings (SSSR count). The van der Waals surface area contributed by atoms with E-state index in [0.29, 0.717) is 39.1 Å². The maximum absolute atomic E-state index is 12.7. The van der Waals surface area contributed by atoms with Crippen molar-refractivity contribution in [2.45, 2.75) is 45.3 Å². The molecule has 2 aliphatic heterocycles. The number of nitrogens with zero attached hydrogens (tertiary/aromatic N) is 3. The lowest BCUT2D eigenvalue weighted by molar-refractivity contribution is -0.137. The van der Waals surface area contributed by atoms with Crippen molar-refractivity contribution in [3.05, 3.63) is 0 Å². The molecule has 0 spiro atoms. The van der Waals surface area contributed by atoms with Crippen LogP contribution in [0.25, 0.3) is 0 Å². The molecule has 0 saturated carbocycles. The zero-order valence-corrected chi connectivity index (χ0v) is 13.9. The molecule has 8 heteroatoms. The Morgan fingerprint density at radius 3 is 2.09 bits per heavy atom. The van der Waals surface area contributed by atoms with Gasteiger partial charge in [0.1, 0.15) is 11.6 Å². The molecule has 0 radical (unpaired) electrons. The molecular weight excluding hydrogens is 302 g/mol. The summed E-state index contributed by atoms with van der Waals surface area (Å²) in [4.78, 5) is 40.3. The van der Waals surface area contributed by atoms with E-state index in [1.165, 1.54) is 9.80 Å². The highest BCUT2D eigenvalue weighted by molar-refractivity contribution is 5.86. The lowest BCUT2D eigenvalue weighted by Crippen LogP contribution is -2.55. The number of carbonyl (C=O) groups is 3. The molecule has 2 aliphatic rings. The van der Waals surface area contributed by atoms with Gasteiger partial charge >= 0.3 is 12.2 Å². The van der Waals surface area contributed by atoms with Crippen molar-refractivity contribution in [1.29, 1.82) is 0 Å². The van der Waals surface area contributed by atoms with Crippen LogP contribution in [0.5, 0.6) is 0 Å². The van der Waals surface area contributed by atoms with Crippen LogP contribution in [0.15, 0.2) is 0 Å². The first-order chi connectivity index (χ1) is 10.7. The van der Waals surface area contributed by atoms with Crippen molar-refractivity contribution in [3.63, 3.8) is 0 Å². The molecule has 0 aromatic carbocycles. The zero-order valence-electron chi connectivity index (χ0n) is 13.9. The summed E-state index contributed by atoms with van der Waals surface area (Å²) in [6.07, 6.45) is -0.0343. The third-order valence-corrected chi connectivity index (χ3v) is 4.03. The van der Waals surface area contributed by atoms with Crippen LogP contribution in [0.2, 0.25) is 0 Å². The van der Waals surface area contributed by atoms with Crippen molar-refractivity contribution >= 4 is 18.1 Å². The maximum atomic E-state index is 12.7. The largest absolute Gasteiger partial charge is 0.465 e. The highest BCUT2D eigenvalue weighted by atomic mass is 16.6. The predicted octanol–water partition coefficient (Wildman–Crippen LogP) is 1.21. The molecule has 0 unspecified atom stereocenters. The average molecular weight is 327 g/mol. The van der Waals surface area contributed by atoms with Crippen molar-refractivity contribution in [2.75, 3.05) is 32.7 Å². The van der Waals surface area contributed by atoms with Gasteiger partial charge in [-0.05, 0) is 33.6 Å². The summed E-state index contributed by atoms with van der Waals surface area (Å²) in [6, 6.07) is -0.499. The van der Waals surface area contributed by atoms with Crippen LogP contribution in [0, 0.1) is 0 Å². The quantitative estimate of drug-likeness (QED) is 0.782. The number of hydrogen-bond acceptors (Lipinski definition) is 4. The predicted molar refractivity (Wildman–Crippen MR) is 82.1 cm³/mol. The molecule has 0 aromatic heterocycles. The molecule has 0 aliphatic carbocycles. The highest BCUT2D eigenvalue weighted by Gasteiger charge is 2.39. The Labute approximate surface area is 136 Å². The summed E-state index contributed by atoms with van der Waals surface area (Å²) >= 11 is 0. The molecule has 3 amide bonds. The maximum Gasteiger partial charge on any atom is 0.410 e. The van der Waals surface area contributed by atoms with E-state index in [-0.39, 0.29) is 5.91 Å². The van der Waals surface area contributed by atoms with Crippen LogP contribution in [-0.2, 0) is 9.53 Å². The number of ether oxygens (including phenoxy) is 1. The third kappa shape index (κ3) is 4.27. The Morgan fingerprint density at radius 2 is 1.57 bits per heavy atom. The molecule has 2 saturated heterocycles. The molecule has 8 nitrogen and oxygen atoms in total. The molecule has 2 heterocycles. The second kappa shape index (κ2) is 6.64. The van der Waals surface area contributed by atoms with Gasteiger partial charge in [-0.25, -0.2) is 9.59 Å². The number of rotatable bonds is 1. The third-order valence-electron chi connectivity index (χ3n) is 4.03. The summed E-state index contributed by atoms with van der Waals surface area (Å²) in [5.74, 6) is -0.113. The van der Waals surface area contributed by atoms with E-state index in [4.69, 9.17) is 9.84 Å².